The topological polar surface area (TPSA) is 72.8 Å². The second-order valence-electron chi connectivity index (χ2n) is 11.9. The van der Waals surface area contributed by atoms with Gasteiger partial charge in [0.25, 0.3) is 0 Å². The number of hydrogen-bond acceptors (Lipinski definition) is 5. The van der Waals surface area contributed by atoms with E-state index in [9.17, 15) is 14.7 Å². The van der Waals surface area contributed by atoms with Gasteiger partial charge in [-0.15, -0.1) is 0 Å². The molecule has 0 spiro atoms. The SMILES string of the molecule is CC/C=C/C=C/C=C/CCCCCCCC(=O)OCC(CO)OC(=O)CCCCC/C=C/C/C=C/C/C=C/C/C=C/C/C=C/C/C=C/CC. The molecule has 0 rings (SSSR count). The van der Waals surface area contributed by atoms with Crippen LogP contribution in [-0.4, -0.2) is 36.4 Å². The largest absolute Gasteiger partial charge is 0.462 e. The third-order valence-electron chi connectivity index (χ3n) is 7.37. The fourth-order valence-electron chi connectivity index (χ4n) is 4.55. The lowest BCUT2D eigenvalue weighted by molar-refractivity contribution is -0.161. The Morgan fingerprint density at radius 2 is 0.918 bits per heavy atom. The summed E-state index contributed by atoms with van der Waals surface area (Å²) < 4.78 is 10.5. The van der Waals surface area contributed by atoms with Crippen molar-refractivity contribution in [3.8, 4) is 0 Å². The molecule has 0 aliphatic heterocycles. The van der Waals surface area contributed by atoms with Crippen LogP contribution in [0.25, 0.3) is 0 Å². The Kier molecular flexibility index (Phi) is 36.3. The number of unbranched alkanes of at least 4 members (excludes halogenated alkanes) is 8. The zero-order chi connectivity index (χ0) is 35.7. The quantitative estimate of drug-likeness (QED) is 0.0332. The average Bonchev–Trinajstić information content (AvgIpc) is 3.10. The van der Waals surface area contributed by atoms with Gasteiger partial charge in [0.05, 0.1) is 6.61 Å². The van der Waals surface area contributed by atoms with Crippen molar-refractivity contribution in [3.63, 3.8) is 0 Å². The van der Waals surface area contributed by atoms with Crippen molar-refractivity contribution in [1.29, 1.82) is 0 Å². The van der Waals surface area contributed by atoms with Gasteiger partial charge in [0.2, 0.25) is 0 Å². The Hall–Kier alpha value is -3.44. The summed E-state index contributed by atoms with van der Waals surface area (Å²) in [7, 11) is 0. The van der Waals surface area contributed by atoms with Crippen molar-refractivity contribution in [3.05, 3.63) is 109 Å². The van der Waals surface area contributed by atoms with Crippen LogP contribution in [0, 0.1) is 0 Å². The maximum absolute atomic E-state index is 12.2. The molecule has 0 radical (unpaired) electrons. The summed E-state index contributed by atoms with van der Waals surface area (Å²) in [6.07, 6.45) is 55.7. The molecule has 0 bridgehead atoms. The van der Waals surface area contributed by atoms with E-state index in [1.165, 1.54) is 0 Å². The molecule has 0 saturated carbocycles. The van der Waals surface area contributed by atoms with Crippen LogP contribution in [-0.2, 0) is 19.1 Å². The lowest BCUT2D eigenvalue weighted by atomic mass is 10.1. The number of hydrogen-bond donors (Lipinski definition) is 1. The number of ether oxygens (including phenoxy) is 2. The van der Waals surface area contributed by atoms with Crippen LogP contribution >= 0.6 is 0 Å². The van der Waals surface area contributed by atoms with Crippen molar-refractivity contribution in [2.24, 2.45) is 0 Å². The molecular weight excluding hydrogens is 608 g/mol. The highest BCUT2D eigenvalue weighted by Gasteiger charge is 2.16. The number of aliphatic hydroxyl groups is 1. The van der Waals surface area contributed by atoms with E-state index in [1.807, 2.05) is 6.08 Å². The van der Waals surface area contributed by atoms with Gasteiger partial charge in [-0.1, -0.05) is 149 Å². The van der Waals surface area contributed by atoms with E-state index in [2.05, 4.69) is 117 Å². The average molecular weight is 677 g/mol. The second kappa shape index (κ2) is 39.0. The van der Waals surface area contributed by atoms with Gasteiger partial charge in [0.1, 0.15) is 6.61 Å². The predicted octanol–water partition coefficient (Wildman–Crippen LogP) is 11.9. The number of aliphatic hydroxyl groups excluding tert-OH is 1. The number of allylic oxidation sites excluding steroid dienone is 18. The molecule has 49 heavy (non-hydrogen) atoms. The predicted molar refractivity (Wildman–Crippen MR) is 209 cm³/mol. The van der Waals surface area contributed by atoms with Gasteiger partial charge in [-0.3, -0.25) is 9.59 Å². The van der Waals surface area contributed by atoms with Crippen molar-refractivity contribution < 1.29 is 24.2 Å². The third kappa shape index (κ3) is 37.2. The first-order chi connectivity index (χ1) is 24.1. The van der Waals surface area contributed by atoms with E-state index in [0.29, 0.717) is 12.8 Å². The monoisotopic (exact) mass is 677 g/mol. The molecule has 5 nitrogen and oxygen atoms in total. The summed E-state index contributed by atoms with van der Waals surface area (Å²) in [5.74, 6) is -0.668. The molecule has 0 aromatic carbocycles. The van der Waals surface area contributed by atoms with Crippen LogP contribution < -0.4 is 0 Å². The number of esters is 2. The zero-order valence-corrected chi connectivity index (χ0v) is 30.9. The van der Waals surface area contributed by atoms with E-state index in [4.69, 9.17) is 9.47 Å². The van der Waals surface area contributed by atoms with Crippen LogP contribution in [0.5, 0.6) is 0 Å². The van der Waals surface area contributed by atoms with Gasteiger partial charge in [-0.05, 0) is 83.5 Å². The highest BCUT2D eigenvalue weighted by Crippen LogP contribution is 2.10. The Morgan fingerprint density at radius 1 is 0.490 bits per heavy atom. The molecular formula is C44H68O5. The standard InChI is InChI=1S/C44H68O5/c1-3-5-7-9-11-13-15-17-18-19-20-21-22-23-24-25-27-29-31-33-35-37-39-44(47)49-42(40-45)41-48-43(46)38-36-34-32-30-28-26-16-14-12-10-8-6-4-2/h5-8,10-14,16-18,20-21,23-24,27,29,42,45H,3-4,9,15,19,22,25-26,28,30-41H2,1-2H3/b7-5+,8-6+,12-10+,13-11+,16-14+,18-17+,21-20+,24-23+,29-27+. The normalized spacial score (nSPS) is 13.4. The minimum atomic E-state index is -0.805. The van der Waals surface area contributed by atoms with Gasteiger partial charge in [0.15, 0.2) is 6.10 Å². The molecule has 0 aliphatic rings. The molecule has 274 valence electrons. The first-order valence-electron chi connectivity index (χ1n) is 19.0. The fraction of sp³-hybridized carbons (Fsp3) is 0.545. The maximum Gasteiger partial charge on any atom is 0.306 e. The maximum atomic E-state index is 12.2. The van der Waals surface area contributed by atoms with E-state index in [1.54, 1.807) is 0 Å². The molecule has 5 heteroatoms. The highest BCUT2D eigenvalue weighted by atomic mass is 16.6. The van der Waals surface area contributed by atoms with E-state index in [-0.39, 0.29) is 25.2 Å². The van der Waals surface area contributed by atoms with Crippen LogP contribution in [0.3, 0.4) is 0 Å². The Bertz CT molecular complexity index is 1040. The smallest absolute Gasteiger partial charge is 0.306 e. The first kappa shape index (κ1) is 45.6. The molecule has 1 atom stereocenters. The number of rotatable bonds is 32. The van der Waals surface area contributed by atoms with Gasteiger partial charge >= 0.3 is 11.9 Å². The Labute approximate surface area is 300 Å². The molecule has 0 aromatic heterocycles. The lowest BCUT2D eigenvalue weighted by Gasteiger charge is -2.15. The van der Waals surface area contributed by atoms with Crippen molar-refractivity contribution in [1.82, 2.24) is 0 Å². The number of carbonyl (C=O) groups is 2. The number of carbonyl (C=O) groups excluding carboxylic acids is 2. The molecule has 0 heterocycles. The van der Waals surface area contributed by atoms with Crippen molar-refractivity contribution >= 4 is 11.9 Å². The van der Waals surface area contributed by atoms with Gasteiger partial charge in [-0.25, -0.2) is 0 Å². The molecule has 0 fully saturated rings. The molecule has 0 amide bonds. The summed E-state index contributed by atoms with van der Waals surface area (Å²) in [6, 6.07) is 0. The third-order valence-corrected chi connectivity index (χ3v) is 7.37. The molecule has 1 N–H and O–H groups in total. The molecule has 0 aromatic rings. The van der Waals surface area contributed by atoms with Gasteiger partial charge in [-0.2, -0.15) is 0 Å². The minimum absolute atomic E-state index is 0.0984. The summed E-state index contributed by atoms with van der Waals surface area (Å²) >= 11 is 0. The molecule has 0 saturated heterocycles. The summed E-state index contributed by atoms with van der Waals surface area (Å²) in [5.41, 5.74) is 0. The van der Waals surface area contributed by atoms with Crippen LogP contribution in [0.2, 0.25) is 0 Å². The van der Waals surface area contributed by atoms with E-state index in [0.717, 1.165) is 109 Å². The Morgan fingerprint density at radius 3 is 1.47 bits per heavy atom. The zero-order valence-electron chi connectivity index (χ0n) is 30.9. The van der Waals surface area contributed by atoms with Gasteiger partial charge < -0.3 is 14.6 Å². The fourth-order valence-corrected chi connectivity index (χ4v) is 4.55. The van der Waals surface area contributed by atoms with Gasteiger partial charge in [0, 0.05) is 12.8 Å². The molecule has 1 unspecified atom stereocenters. The summed E-state index contributed by atoms with van der Waals surface area (Å²) in [5, 5.41) is 9.54. The van der Waals surface area contributed by atoms with Crippen molar-refractivity contribution in [2.45, 2.75) is 142 Å². The van der Waals surface area contributed by atoms with Crippen molar-refractivity contribution in [2.75, 3.05) is 13.2 Å². The summed E-state index contributed by atoms with van der Waals surface area (Å²) in [6.45, 7) is 3.81. The lowest BCUT2D eigenvalue weighted by Crippen LogP contribution is -2.28. The molecule has 0 aliphatic carbocycles. The first-order valence-corrected chi connectivity index (χ1v) is 19.0. The summed E-state index contributed by atoms with van der Waals surface area (Å²) in [4.78, 5) is 24.2. The van der Waals surface area contributed by atoms with E-state index >= 15 is 0 Å². The van der Waals surface area contributed by atoms with E-state index < -0.39 is 6.10 Å². The van der Waals surface area contributed by atoms with Crippen LogP contribution in [0.4, 0.5) is 0 Å². The highest BCUT2D eigenvalue weighted by molar-refractivity contribution is 5.70. The van der Waals surface area contributed by atoms with Crippen LogP contribution in [0.1, 0.15) is 136 Å². The van der Waals surface area contributed by atoms with Crippen LogP contribution in [0.15, 0.2) is 109 Å². The second-order valence-corrected chi connectivity index (χ2v) is 11.9. The minimum Gasteiger partial charge on any atom is -0.462 e. The Balaban J connectivity index is 3.73.